The van der Waals surface area contributed by atoms with Crippen molar-refractivity contribution in [3.63, 3.8) is 0 Å². The summed E-state index contributed by atoms with van der Waals surface area (Å²) in [7, 11) is -3.67. The predicted molar refractivity (Wildman–Crippen MR) is 84.0 cm³/mol. The minimum absolute atomic E-state index is 0.141. The fraction of sp³-hybridized carbons (Fsp3) is 0. The standard InChI is InChI=1S/C15H11ClN2O2S/c16-12-6-8-13(9-7-12)21(19,20)18-15-10-5-11-3-1-2-4-14(11)17-15/h1-10H,(H,17,18). The van der Waals surface area contributed by atoms with Crippen LogP contribution in [-0.2, 0) is 10.0 Å². The molecule has 0 atom stereocenters. The first-order valence-corrected chi connectivity index (χ1v) is 8.05. The van der Waals surface area contributed by atoms with Crippen LogP contribution in [0.15, 0.2) is 65.6 Å². The summed E-state index contributed by atoms with van der Waals surface area (Å²) in [5.74, 6) is 0.281. The molecule has 1 heterocycles. The second kappa shape index (κ2) is 5.35. The summed E-state index contributed by atoms with van der Waals surface area (Å²) < 4.78 is 27.0. The average molecular weight is 319 g/mol. The Balaban J connectivity index is 1.95. The number of fused-ring (bicyclic) bond motifs is 1. The van der Waals surface area contributed by atoms with Crippen LogP contribution in [-0.4, -0.2) is 13.4 Å². The van der Waals surface area contributed by atoms with Gasteiger partial charge >= 0.3 is 0 Å². The van der Waals surface area contributed by atoms with E-state index in [4.69, 9.17) is 11.6 Å². The molecule has 1 N–H and O–H groups in total. The van der Waals surface area contributed by atoms with Crippen molar-refractivity contribution in [2.45, 2.75) is 4.90 Å². The maximum Gasteiger partial charge on any atom is 0.263 e. The third-order valence-electron chi connectivity index (χ3n) is 2.96. The Morgan fingerprint density at radius 2 is 1.62 bits per heavy atom. The number of nitrogens with one attached hydrogen (secondary N) is 1. The summed E-state index contributed by atoms with van der Waals surface area (Å²) >= 11 is 5.76. The van der Waals surface area contributed by atoms with Gasteiger partial charge in [-0.05, 0) is 42.5 Å². The van der Waals surface area contributed by atoms with Gasteiger partial charge < -0.3 is 0 Å². The normalized spacial score (nSPS) is 11.5. The summed E-state index contributed by atoms with van der Waals surface area (Å²) in [5, 5.41) is 1.43. The van der Waals surface area contributed by atoms with Crippen molar-refractivity contribution < 1.29 is 8.42 Å². The molecule has 4 nitrogen and oxygen atoms in total. The molecular weight excluding hydrogens is 308 g/mol. The van der Waals surface area contributed by atoms with Crippen molar-refractivity contribution in [1.29, 1.82) is 0 Å². The number of nitrogens with zero attached hydrogens (tertiary/aromatic N) is 1. The molecule has 3 rings (SSSR count). The number of hydrogen-bond donors (Lipinski definition) is 1. The van der Waals surface area contributed by atoms with Crippen LogP contribution in [0.25, 0.3) is 10.9 Å². The third-order valence-corrected chi connectivity index (χ3v) is 4.58. The number of aromatic nitrogens is 1. The lowest BCUT2D eigenvalue weighted by molar-refractivity contribution is 0.601. The van der Waals surface area contributed by atoms with Crippen molar-refractivity contribution in [2.75, 3.05) is 4.72 Å². The molecule has 0 aliphatic rings. The van der Waals surface area contributed by atoms with Gasteiger partial charge in [-0.15, -0.1) is 0 Å². The zero-order valence-electron chi connectivity index (χ0n) is 10.8. The Bertz CT molecular complexity index is 893. The van der Waals surface area contributed by atoms with Crippen molar-refractivity contribution in [2.24, 2.45) is 0 Å². The summed E-state index contributed by atoms with van der Waals surface area (Å²) in [4.78, 5) is 4.43. The molecule has 3 aromatic rings. The van der Waals surface area contributed by atoms with Crippen LogP contribution < -0.4 is 4.72 Å². The molecular formula is C15H11ClN2O2S. The number of sulfonamides is 1. The number of pyridine rings is 1. The van der Waals surface area contributed by atoms with Gasteiger partial charge in [0.15, 0.2) is 0 Å². The van der Waals surface area contributed by atoms with Gasteiger partial charge in [0.25, 0.3) is 10.0 Å². The van der Waals surface area contributed by atoms with E-state index < -0.39 is 10.0 Å². The molecule has 0 radical (unpaired) electrons. The summed E-state index contributed by atoms with van der Waals surface area (Å²) in [6, 6.07) is 16.9. The molecule has 0 saturated carbocycles. The lowest BCUT2D eigenvalue weighted by atomic mass is 10.2. The third kappa shape index (κ3) is 2.99. The molecule has 0 fully saturated rings. The van der Waals surface area contributed by atoms with E-state index in [0.29, 0.717) is 5.02 Å². The van der Waals surface area contributed by atoms with Crippen LogP contribution in [0.3, 0.4) is 0 Å². The Hall–Kier alpha value is -2.11. The molecule has 0 bridgehead atoms. The molecule has 0 unspecified atom stereocenters. The molecule has 0 amide bonds. The maximum atomic E-state index is 12.3. The van der Waals surface area contributed by atoms with Gasteiger partial charge in [-0.3, -0.25) is 4.72 Å². The lowest BCUT2D eigenvalue weighted by Gasteiger charge is -2.08. The highest BCUT2D eigenvalue weighted by Gasteiger charge is 2.14. The number of hydrogen-bond acceptors (Lipinski definition) is 3. The van der Waals surface area contributed by atoms with Gasteiger partial charge in [0.05, 0.1) is 10.4 Å². The van der Waals surface area contributed by atoms with Crippen LogP contribution in [0.2, 0.25) is 5.02 Å². The summed E-state index contributed by atoms with van der Waals surface area (Å²) in [6.45, 7) is 0. The summed E-state index contributed by atoms with van der Waals surface area (Å²) in [5.41, 5.74) is 0.730. The van der Waals surface area contributed by atoms with Gasteiger partial charge in [0, 0.05) is 10.4 Å². The molecule has 106 valence electrons. The topological polar surface area (TPSA) is 59.1 Å². The van der Waals surface area contributed by atoms with Crippen LogP contribution >= 0.6 is 11.6 Å². The number of anilines is 1. The number of rotatable bonds is 3. The van der Waals surface area contributed by atoms with Crippen molar-refractivity contribution >= 4 is 38.3 Å². The predicted octanol–water partition coefficient (Wildman–Crippen LogP) is 3.69. The monoisotopic (exact) mass is 318 g/mol. The van der Waals surface area contributed by atoms with E-state index >= 15 is 0 Å². The van der Waals surface area contributed by atoms with Gasteiger partial charge in [0.2, 0.25) is 0 Å². The summed E-state index contributed by atoms with van der Waals surface area (Å²) in [6.07, 6.45) is 0. The maximum absolute atomic E-state index is 12.3. The highest BCUT2D eigenvalue weighted by molar-refractivity contribution is 7.92. The van der Waals surface area contributed by atoms with E-state index in [9.17, 15) is 8.42 Å². The van der Waals surface area contributed by atoms with E-state index in [1.807, 2.05) is 30.3 Å². The highest BCUT2D eigenvalue weighted by atomic mass is 35.5. The number of para-hydroxylation sites is 1. The number of halogens is 1. The van der Waals surface area contributed by atoms with Gasteiger partial charge in [-0.2, -0.15) is 0 Å². The van der Waals surface area contributed by atoms with E-state index in [2.05, 4.69) is 9.71 Å². The molecule has 0 aliphatic carbocycles. The SMILES string of the molecule is O=S(=O)(Nc1ccc2ccccc2n1)c1ccc(Cl)cc1. The molecule has 6 heteroatoms. The first kappa shape index (κ1) is 13.9. The van der Waals surface area contributed by atoms with E-state index in [-0.39, 0.29) is 10.7 Å². The molecule has 21 heavy (non-hydrogen) atoms. The molecule has 1 aromatic heterocycles. The minimum Gasteiger partial charge on any atom is -0.263 e. The first-order valence-electron chi connectivity index (χ1n) is 6.19. The minimum atomic E-state index is -3.67. The largest absolute Gasteiger partial charge is 0.263 e. The highest BCUT2D eigenvalue weighted by Crippen LogP contribution is 2.19. The van der Waals surface area contributed by atoms with Crippen LogP contribution in [0.4, 0.5) is 5.82 Å². The molecule has 0 aliphatic heterocycles. The van der Waals surface area contributed by atoms with Gasteiger partial charge in [0.1, 0.15) is 5.82 Å². The molecule has 0 spiro atoms. The van der Waals surface area contributed by atoms with E-state index in [0.717, 1.165) is 10.9 Å². The second-order valence-corrected chi connectivity index (χ2v) is 6.57. The first-order chi connectivity index (χ1) is 10.0. The fourth-order valence-electron chi connectivity index (χ4n) is 1.93. The van der Waals surface area contributed by atoms with Crippen LogP contribution in [0, 0.1) is 0 Å². The van der Waals surface area contributed by atoms with E-state index in [1.165, 1.54) is 24.3 Å². The van der Waals surface area contributed by atoms with Crippen LogP contribution in [0.1, 0.15) is 0 Å². The van der Waals surface area contributed by atoms with Gasteiger partial charge in [-0.1, -0.05) is 29.8 Å². The molecule has 2 aromatic carbocycles. The lowest BCUT2D eigenvalue weighted by Crippen LogP contribution is -2.13. The average Bonchev–Trinajstić information content (AvgIpc) is 2.47. The molecule has 0 saturated heterocycles. The fourth-order valence-corrected chi connectivity index (χ4v) is 3.06. The number of benzene rings is 2. The zero-order valence-corrected chi connectivity index (χ0v) is 12.4. The second-order valence-electron chi connectivity index (χ2n) is 4.45. The van der Waals surface area contributed by atoms with E-state index in [1.54, 1.807) is 6.07 Å². The van der Waals surface area contributed by atoms with Crippen molar-refractivity contribution in [3.8, 4) is 0 Å². The zero-order chi connectivity index (χ0) is 14.9. The smallest absolute Gasteiger partial charge is 0.263 e. The Morgan fingerprint density at radius 3 is 2.38 bits per heavy atom. The van der Waals surface area contributed by atoms with Crippen LogP contribution in [0.5, 0.6) is 0 Å². The van der Waals surface area contributed by atoms with Crippen molar-refractivity contribution in [1.82, 2.24) is 4.98 Å². The quantitative estimate of drug-likeness (QED) is 0.801. The van der Waals surface area contributed by atoms with Crippen molar-refractivity contribution in [3.05, 3.63) is 65.7 Å². The Labute approximate surface area is 127 Å². The Morgan fingerprint density at radius 1 is 0.905 bits per heavy atom. The Kier molecular flexibility index (Phi) is 3.53. The van der Waals surface area contributed by atoms with Gasteiger partial charge in [-0.25, -0.2) is 13.4 Å².